The van der Waals surface area contributed by atoms with Crippen molar-refractivity contribution in [2.45, 2.75) is 13.0 Å². The van der Waals surface area contributed by atoms with E-state index < -0.39 is 0 Å². The van der Waals surface area contributed by atoms with Crippen molar-refractivity contribution in [3.63, 3.8) is 0 Å². The Balaban J connectivity index is 1.28. The maximum atomic E-state index is 13.1. The molecule has 1 fully saturated rings. The molecule has 1 aliphatic rings. The molecular formula is C26H24N4O3. The molecule has 0 saturated carbocycles. The maximum Gasteiger partial charge on any atom is 0.270 e. The molecule has 5 rings (SSSR count). The van der Waals surface area contributed by atoms with E-state index in [0.29, 0.717) is 43.2 Å². The molecule has 0 spiro atoms. The summed E-state index contributed by atoms with van der Waals surface area (Å²) >= 11 is 0. The van der Waals surface area contributed by atoms with Crippen LogP contribution in [0.3, 0.4) is 0 Å². The van der Waals surface area contributed by atoms with Gasteiger partial charge in [0.05, 0.1) is 12.0 Å². The minimum Gasteiger partial charge on any atom is -0.463 e. The van der Waals surface area contributed by atoms with E-state index in [4.69, 9.17) is 4.42 Å². The van der Waals surface area contributed by atoms with E-state index in [2.05, 4.69) is 10.4 Å². The van der Waals surface area contributed by atoms with Gasteiger partial charge in [0.15, 0.2) is 5.76 Å². The zero-order valence-corrected chi connectivity index (χ0v) is 18.1. The Hall–Kier alpha value is -4.13. The Labute approximate surface area is 191 Å². The van der Waals surface area contributed by atoms with Gasteiger partial charge in [0.2, 0.25) is 5.91 Å². The zero-order valence-electron chi connectivity index (χ0n) is 18.1. The number of benzene rings is 2. The molecule has 166 valence electrons. The van der Waals surface area contributed by atoms with Gasteiger partial charge in [-0.1, -0.05) is 48.5 Å². The first kappa shape index (κ1) is 20.8. The third-order valence-electron chi connectivity index (χ3n) is 5.78. The number of hydrogen-bond donors (Lipinski definition) is 1. The Morgan fingerprint density at radius 1 is 1.03 bits per heavy atom. The van der Waals surface area contributed by atoms with Crippen molar-refractivity contribution in [1.29, 1.82) is 0 Å². The average molecular weight is 441 g/mol. The summed E-state index contributed by atoms with van der Waals surface area (Å²) in [6.45, 7) is 1.65. The lowest BCUT2D eigenvalue weighted by Gasteiger charge is -2.17. The van der Waals surface area contributed by atoms with Crippen LogP contribution >= 0.6 is 0 Å². The van der Waals surface area contributed by atoms with Crippen molar-refractivity contribution in [3.05, 3.63) is 96.4 Å². The Morgan fingerprint density at radius 3 is 2.52 bits per heavy atom. The quantitative estimate of drug-likeness (QED) is 0.473. The van der Waals surface area contributed by atoms with Crippen LogP contribution in [-0.4, -0.2) is 39.6 Å². The highest BCUT2D eigenvalue weighted by atomic mass is 16.3. The highest BCUT2D eigenvalue weighted by molar-refractivity contribution is 5.94. The minimum absolute atomic E-state index is 0.0720. The van der Waals surface area contributed by atoms with Crippen molar-refractivity contribution in [3.8, 4) is 17.1 Å². The lowest BCUT2D eigenvalue weighted by Crippen LogP contribution is -2.32. The predicted octanol–water partition coefficient (Wildman–Crippen LogP) is 3.91. The van der Waals surface area contributed by atoms with Crippen molar-refractivity contribution in [2.24, 2.45) is 5.92 Å². The highest BCUT2D eigenvalue weighted by Gasteiger charge is 2.30. The van der Waals surface area contributed by atoms with Gasteiger partial charge in [0, 0.05) is 38.0 Å². The van der Waals surface area contributed by atoms with E-state index >= 15 is 0 Å². The van der Waals surface area contributed by atoms with Gasteiger partial charge in [0.25, 0.3) is 5.91 Å². The number of carbonyl (C=O) groups is 2. The van der Waals surface area contributed by atoms with Gasteiger partial charge >= 0.3 is 0 Å². The van der Waals surface area contributed by atoms with Gasteiger partial charge in [-0.15, -0.1) is 0 Å². The van der Waals surface area contributed by atoms with E-state index in [-0.39, 0.29) is 17.7 Å². The number of likely N-dealkylation sites (tertiary alicyclic amines) is 1. The summed E-state index contributed by atoms with van der Waals surface area (Å²) in [5.41, 5.74) is 2.88. The van der Waals surface area contributed by atoms with Gasteiger partial charge < -0.3 is 14.6 Å². The van der Waals surface area contributed by atoms with Gasteiger partial charge in [0.1, 0.15) is 11.4 Å². The smallest absolute Gasteiger partial charge is 0.270 e. The molecule has 0 radical (unpaired) electrons. The molecule has 7 nitrogen and oxygen atoms in total. The second kappa shape index (κ2) is 9.16. The van der Waals surface area contributed by atoms with E-state index in [1.807, 2.05) is 71.6 Å². The fourth-order valence-electron chi connectivity index (χ4n) is 4.13. The third kappa shape index (κ3) is 4.57. The summed E-state index contributed by atoms with van der Waals surface area (Å²) in [6, 6.07) is 24.8. The molecule has 0 aliphatic carbocycles. The lowest BCUT2D eigenvalue weighted by atomic mass is 10.1. The van der Waals surface area contributed by atoms with Crippen LogP contribution < -0.4 is 5.32 Å². The minimum atomic E-state index is -0.238. The Bertz CT molecular complexity index is 1230. The lowest BCUT2D eigenvalue weighted by molar-refractivity contribution is -0.128. The number of rotatable bonds is 7. The second-order valence-electron chi connectivity index (χ2n) is 8.18. The van der Waals surface area contributed by atoms with Crippen LogP contribution in [0.4, 0.5) is 0 Å². The molecule has 2 aromatic heterocycles. The monoisotopic (exact) mass is 440 g/mol. The molecule has 2 amide bonds. The van der Waals surface area contributed by atoms with Crippen molar-refractivity contribution >= 4 is 11.8 Å². The second-order valence-corrected chi connectivity index (χ2v) is 8.18. The summed E-state index contributed by atoms with van der Waals surface area (Å²) in [5.74, 6) is 0.546. The SMILES string of the molecule is O=C(NCC1CC(=O)N(Cc2ccccc2)C1)c1cc(-c2ccco2)nn1-c1ccccc1. The molecule has 33 heavy (non-hydrogen) atoms. The molecule has 7 heteroatoms. The molecule has 4 aromatic rings. The van der Waals surface area contributed by atoms with Crippen LogP contribution in [-0.2, 0) is 11.3 Å². The number of nitrogens with one attached hydrogen (secondary N) is 1. The molecule has 1 saturated heterocycles. The summed E-state index contributed by atoms with van der Waals surface area (Å²) in [7, 11) is 0. The number of carbonyl (C=O) groups excluding carboxylic acids is 2. The summed E-state index contributed by atoms with van der Waals surface area (Å²) in [6.07, 6.45) is 2.01. The molecule has 1 unspecified atom stereocenters. The highest BCUT2D eigenvalue weighted by Crippen LogP contribution is 2.23. The molecular weight excluding hydrogens is 416 g/mol. The van der Waals surface area contributed by atoms with Crippen LogP contribution in [0.1, 0.15) is 22.5 Å². The van der Waals surface area contributed by atoms with Crippen LogP contribution in [0.25, 0.3) is 17.1 Å². The number of furan rings is 1. The molecule has 1 aliphatic heterocycles. The number of aromatic nitrogens is 2. The number of para-hydroxylation sites is 1. The third-order valence-corrected chi connectivity index (χ3v) is 5.78. The van der Waals surface area contributed by atoms with Gasteiger partial charge in [-0.3, -0.25) is 9.59 Å². The fourth-order valence-corrected chi connectivity index (χ4v) is 4.13. The van der Waals surface area contributed by atoms with Crippen molar-refractivity contribution in [2.75, 3.05) is 13.1 Å². The molecule has 3 heterocycles. The average Bonchev–Trinajstić information content (AvgIpc) is 3.59. The van der Waals surface area contributed by atoms with Crippen LogP contribution in [0, 0.1) is 5.92 Å². The normalized spacial score (nSPS) is 15.7. The first-order chi connectivity index (χ1) is 16.2. The number of hydrogen-bond acceptors (Lipinski definition) is 4. The topological polar surface area (TPSA) is 80.4 Å². The van der Waals surface area contributed by atoms with Crippen LogP contribution in [0.5, 0.6) is 0 Å². The zero-order chi connectivity index (χ0) is 22.6. The first-order valence-electron chi connectivity index (χ1n) is 11.0. The molecule has 1 N–H and O–H groups in total. The number of nitrogens with zero attached hydrogens (tertiary/aromatic N) is 3. The van der Waals surface area contributed by atoms with Gasteiger partial charge in [-0.05, 0) is 29.8 Å². The summed E-state index contributed by atoms with van der Waals surface area (Å²) in [4.78, 5) is 27.5. The fraction of sp³-hybridized carbons (Fsp3) is 0.192. The first-order valence-corrected chi connectivity index (χ1v) is 11.0. The van der Waals surface area contributed by atoms with E-state index in [1.165, 1.54) is 0 Å². The standard InChI is InChI=1S/C26H24N4O3/c31-25-14-20(18-29(25)17-19-8-3-1-4-9-19)16-27-26(32)23-15-22(24-12-7-13-33-24)28-30(23)21-10-5-2-6-11-21/h1-13,15,20H,14,16-18H2,(H,27,32). The Morgan fingerprint density at radius 2 is 1.79 bits per heavy atom. The van der Waals surface area contributed by atoms with Gasteiger partial charge in [-0.25, -0.2) is 4.68 Å². The molecule has 2 aromatic carbocycles. The largest absolute Gasteiger partial charge is 0.463 e. The predicted molar refractivity (Wildman–Crippen MR) is 124 cm³/mol. The van der Waals surface area contributed by atoms with E-state index in [9.17, 15) is 9.59 Å². The van der Waals surface area contributed by atoms with Crippen LogP contribution in [0.15, 0.2) is 89.5 Å². The van der Waals surface area contributed by atoms with Crippen molar-refractivity contribution in [1.82, 2.24) is 20.0 Å². The Kier molecular flexibility index (Phi) is 5.76. The van der Waals surface area contributed by atoms with E-state index in [0.717, 1.165) is 11.3 Å². The summed E-state index contributed by atoms with van der Waals surface area (Å²) in [5, 5.41) is 7.60. The summed E-state index contributed by atoms with van der Waals surface area (Å²) < 4.78 is 7.09. The molecule has 1 atom stereocenters. The van der Waals surface area contributed by atoms with E-state index in [1.54, 1.807) is 23.1 Å². The van der Waals surface area contributed by atoms with Gasteiger partial charge in [-0.2, -0.15) is 5.10 Å². The number of amides is 2. The van der Waals surface area contributed by atoms with Crippen molar-refractivity contribution < 1.29 is 14.0 Å². The van der Waals surface area contributed by atoms with Crippen LogP contribution in [0.2, 0.25) is 0 Å². The maximum absolute atomic E-state index is 13.1. The molecule has 0 bridgehead atoms.